The number of rotatable bonds is 3. The van der Waals surface area contributed by atoms with Gasteiger partial charge in [-0.05, 0) is 56.5 Å². The van der Waals surface area contributed by atoms with E-state index < -0.39 is 0 Å². The highest BCUT2D eigenvalue weighted by Crippen LogP contribution is 2.34. The van der Waals surface area contributed by atoms with Crippen LogP contribution in [0.4, 0.5) is 0 Å². The van der Waals surface area contributed by atoms with Gasteiger partial charge >= 0.3 is 0 Å². The van der Waals surface area contributed by atoms with Crippen molar-refractivity contribution in [1.29, 1.82) is 0 Å². The molecule has 2 rings (SSSR count). The molecule has 0 radical (unpaired) electrons. The summed E-state index contributed by atoms with van der Waals surface area (Å²) in [7, 11) is 2.01. The summed E-state index contributed by atoms with van der Waals surface area (Å²) < 4.78 is 1.12. The molecule has 17 heavy (non-hydrogen) atoms. The number of nitrogens with one attached hydrogen (secondary N) is 1. The van der Waals surface area contributed by atoms with Gasteiger partial charge in [-0.25, -0.2) is 0 Å². The molecule has 1 aliphatic carbocycles. The lowest BCUT2D eigenvalue weighted by atomic mass is 9.90. The van der Waals surface area contributed by atoms with E-state index in [0.29, 0.717) is 0 Å². The molecule has 0 heterocycles. The average Bonchev–Trinajstić information content (AvgIpc) is 2.36. The van der Waals surface area contributed by atoms with Gasteiger partial charge in [0.2, 0.25) is 0 Å². The fourth-order valence-corrected chi connectivity index (χ4v) is 3.06. The molecule has 1 unspecified atom stereocenters. The molecule has 0 spiro atoms. The van der Waals surface area contributed by atoms with Gasteiger partial charge in [0.15, 0.2) is 0 Å². The maximum absolute atomic E-state index is 6.09. The van der Waals surface area contributed by atoms with Gasteiger partial charge in [-0.3, -0.25) is 0 Å². The molecular formula is C14H17BrClN. The van der Waals surface area contributed by atoms with Crippen molar-refractivity contribution in [3.63, 3.8) is 0 Å². The largest absolute Gasteiger partial charge is 0.310 e. The van der Waals surface area contributed by atoms with Crippen LogP contribution in [0.15, 0.2) is 34.3 Å². The SMILES string of the molecule is CNC(C1=CCCCC1)c1cc(Cl)ccc1Br. The highest BCUT2D eigenvalue weighted by Gasteiger charge is 2.18. The first-order chi connectivity index (χ1) is 8.22. The van der Waals surface area contributed by atoms with E-state index in [1.807, 2.05) is 25.2 Å². The number of hydrogen-bond acceptors (Lipinski definition) is 1. The average molecular weight is 315 g/mol. The first kappa shape index (κ1) is 13.1. The predicted octanol–water partition coefficient (Wildman–Crippen LogP) is 4.86. The van der Waals surface area contributed by atoms with E-state index >= 15 is 0 Å². The molecule has 1 N–H and O–H groups in total. The van der Waals surface area contributed by atoms with Crippen LogP contribution in [0.1, 0.15) is 37.3 Å². The molecule has 92 valence electrons. The van der Waals surface area contributed by atoms with Crippen LogP contribution in [0.25, 0.3) is 0 Å². The zero-order valence-corrected chi connectivity index (χ0v) is 12.3. The summed E-state index contributed by atoms with van der Waals surface area (Å²) in [6.45, 7) is 0. The van der Waals surface area contributed by atoms with Crippen LogP contribution in [0.5, 0.6) is 0 Å². The van der Waals surface area contributed by atoms with E-state index in [4.69, 9.17) is 11.6 Å². The van der Waals surface area contributed by atoms with Crippen molar-refractivity contribution >= 4 is 27.5 Å². The van der Waals surface area contributed by atoms with Crippen LogP contribution >= 0.6 is 27.5 Å². The summed E-state index contributed by atoms with van der Waals surface area (Å²) in [5, 5.41) is 4.19. The molecule has 1 aromatic carbocycles. The lowest BCUT2D eigenvalue weighted by Gasteiger charge is -2.24. The lowest BCUT2D eigenvalue weighted by Crippen LogP contribution is -2.20. The second-order valence-corrected chi connectivity index (χ2v) is 5.70. The number of allylic oxidation sites excluding steroid dienone is 1. The van der Waals surface area contributed by atoms with Crippen molar-refractivity contribution in [2.24, 2.45) is 0 Å². The van der Waals surface area contributed by atoms with Gasteiger partial charge in [0, 0.05) is 9.50 Å². The van der Waals surface area contributed by atoms with Crippen LogP contribution in [0, 0.1) is 0 Å². The molecule has 0 saturated carbocycles. The maximum atomic E-state index is 6.09. The van der Waals surface area contributed by atoms with Crippen LogP contribution in [0.2, 0.25) is 5.02 Å². The third-order valence-electron chi connectivity index (χ3n) is 3.25. The summed E-state index contributed by atoms with van der Waals surface area (Å²) >= 11 is 9.70. The summed E-state index contributed by atoms with van der Waals surface area (Å²) in [6, 6.07) is 6.26. The van der Waals surface area contributed by atoms with Crippen LogP contribution < -0.4 is 5.32 Å². The highest BCUT2D eigenvalue weighted by molar-refractivity contribution is 9.10. The Bertz CT molecular complexity index is 428. The van der Waals surface area contributed by atoms with Crippen molar-refractivity contribution in [3.8, 4) is 0 Å². The third kappa shape index (κ3) is 3.12. The number of benzene rings is 1. The Balaban J connectivity index is 2.34. The van der Waals surface area contributed by atoms with Crippen LogP contribution in [0.3, 0.4) is 0 Å². The standard InChI is InChI=1S/C14H17BrClN/c1-17-14(10-5-3-2-4-6-10)12-9-11(16)7-8-13(12)15/h5,7-9,14,17H,2-4,6H2,1H3. The quantitative estimate of drug-likeness (QED) is 0.785. The lowest BCUT2D eigenvalue weighted by molar-refractivity contribution is 0.592. The molecule has 0 aromatic heterocycles. The van der Waals surface area contributed by atoms with Gasteiger partial charge in [-0.15, -0.1) is 0 Å². The topological polar surface area (TPSA) is 12.0 Å². The second-order valence-electron chi connectivity index (χ2n) is 4.41. The van der Waals surface area contributed by atoms with Gasteiger partial charge in [-0.1, -0.05) is 39.2 Å². The summed E-state index contributed by atoms with van der Waals surface area (Å²) in [6.07, 6.45) is 7.37. The van der Waals surface area contributed by atoms with E-state index in [-0.39, 0.29) is 6.04 Å². The Morgan fingerprint density at radius 2 is 2.18 bits per heavy atom. The molecule has 0 bridgehead atoms. The number of likely N-dealkylation sites (N-methyl/N-ethyl adjacent to an activating group) is 1. The van der Waals surface area contributed by atoms with Gasteiger partial charge in [-0.2, -0.15) is 0 Å². The van der Waals surface area contributed by atoms with Crippen molar-refractivity contribution in [2.45, 2.75) is 31.7 Å². The molecule has 0 aliphatic heterocycles. The summed E-state index contributed by atoms with van der Waals surface area (Å²) in [5.74, 6) is 0. The Kier molecular flexibility index (Phi) is 4.66. The van der Waals surface area contributed by atoms with Gasteiger partial charge < -0.3 is 5.32 Å². The normalized spacial score (nSPS) is 17.7. The fourth-order valence-electron chi connectivity index (χ4n) is 2.40. The van der Waals surface area contributed by atoms with Crippen molar-refractivity contribution in [2.75, 3.05) is 7.05 Å². The first-order valence-corrected chi connectivity index (χ1v) is 7.20. The summed E-state index contributed by atoms with van der Waals surface area (Å²) in [4.78, 5) is 0. The number of hydrogen-bond donors (Lipinski definition) is 1. The zero-order valence-electron chi connectivity index (χ0n) is 9.97. The maximum Gasteiger partial charge on any atom is 0.0545 e. The van der Waals surface area contributed by atoms with Gasteiger partial charge in [0.05, 0.1) is 6.04 Å². The minimum atomic E-state index is 0.281. The molecule has 0 amide bonds. The van der Waals surface area contributed by atoms with Crippen molar-refractivity contribution in [3.05, 3.63) is 44.9 Å². The Hall–Kier alpha value is -0.310. The van der Waals surface area contributed by atoms with E-state index in [9.17, 15) is 0 Å². The molecule has 0 fully saturated rings. The second kappa shape index (κ2) is 6.03. The highest BCUT2D eigenvalue weighted by atomic mass is 79.9. The molecule has 1 aromatic rings. The number of halogens is 2. The molecule has 3 heteroatoms. The molecule has 0 saturated heterocycles. The molecular weight excluding hydrogens is 298 g/mol. The predicted molar refractivity (Wildman–Crippen MR) is 77.5 cm³/mol. The van der Waals surface area contributed by atoms with Crippen LogP contribution in [-0.2, 0) is 0 Å². The van der Waals surface area contributed by atoms with Crippen molar-refractivity contribution in [1.82, 2.24) is 5.32 Å². The smallest absolute Gasteiger partial charge is 0.0545 e. The molecule has 1 atom stereocenters. The van der Waals surface area contributed by atoms with E-state index in [1.54, 1.807) is 0 Å². The Morgan fingerprint density at radius 3 is 2.82 bits per heavy atom. The summed E-state index contributed by atoms with van der Waals surface area (Å²) in [5.41, 5.74) is 2.72. The Morgan fingerprint density at radius 1 is 1.35 bits per heavy atom. The van der Waals surface area contributed by atoms with Gasteiger partial charge in [0.1, 0.15) is 0 Å². The Labute approximate surface area is 116 Å². The van der Waals surface area contributed by atoms with Crippen molar-refractivity contribution < 1.29 is 0 Å². The third-order valence-corrected chi connectivity index (χ3v) is 4.21. The van der Waals surface area contributed by atoms with E-state index in [1.165, 1.54) is 36.8 Å². The monoisotopic (exact) mass is 313 g/mol. The van der Waals surface area contributed by atoms with Crippen LogP contribution in [-0.4, -0.2) is 7.05 Å². The fraction of sp³-hybridized carbons (Fsp3) is 0.429. The van der Waals surface area contributed by atoms with E-state index in [0.717, 1.165) is 9.50 Å². The minimum absolute atomic E-state index is 0.281. The van der Waals surface area contributed by atoms with E-state index in [2.05, 4.69) is 27.3 Å². The molecule has 1 aliphatic rings. The molecule has 1 nitrogen and oxygen atoms in total. The minimum Gasteiger partial charge on any atom is -0.310 e. The zero-order chi connectivity index (χ0) is 12.3. The van der Waals surface area contributed by atoms with Gasteiger partial charge in [0.25, 0.3) is 0 Å². The first-order valence-electron chi connectivity index (χ1n) is 6.03.